The summed E-state index contributed by atoms with van der Waals surface area (Å²) < 4.78 is 7.58. The van der Waals surface area contributed by atoms with Gasteiger partial charge in [-0.25, -0.2) is 0 Å². The van der Waals surface area contributed by atoms with Crippen molar-refractivity contribution < 1.29 is 4.42 Å². The average molecular weight is 338 g/mol. The fraction of sp³-hybridized carbons (Fsp3) is 0.222. The maximum atomic E-state index is 5.61. The lowest BCUT2D eigenvalue weighted by atomic mass is 9.99. The second kappa shape index (κ2) is 6.13. The van der Waals surface area contributed by atoms with E-state index in [0.29, 0.717) is 6.54 Å². The number of thiocarbonyl (C=S) groups is 1. The second-order valence-corrected chi connectivity index (χ2v) is 6.33. The van der Waals surface area contributed by atoms with Crippen LogP contribution in [-0.2, 0) is 13.6 Å². The highest BCUT2D eigenvalue weighted by atomic mass is 32.1. The van der Waals surface area contributed by atoms with Gasteiger partial charge in [-0.1, -0.05) is 6.07 Å². The van der Waals surface area contributed by atoms with E-state index in [1.54, 1.807) is 6.26 Å². The highest BCUT2D eigenvalue weighted by molar-refractivity contribution is 7.80. The molecule has 0 aromatic carbocycles. The molecule has 1 N–H and O–H groups in total. The van der Waals surface area contributed by atoms with E-state index in [1.807, 2.05) is 43.6 Å². The Hall–Kier alpha value is -2.60. The van der Waals surface area contributed by atoms with Crippen LogP contribution in [0.25, 0.3) is 0 Å². The van der Waals surface area contributed by atoms with Crippen molar-refractivity contribution in [2.24, 2.45) is 7.05 Å². The lowest BCUT2D eigenvalue weighted by Crippen LogP contribution is -2.28. The van der Waals surface area contributed by atoms with Gasteiger partial charge in [0.2, 0.25) is 0 Å². The Labute approximate surface area is 145 Å². The van der Waals surface area contributed by atoms with Crippen molar-refractivity contribution in [3.63, 3.8) is 0 Å². The first-order valence-electron chi connectivity index (χ1n) is 7.85. The molecule has 24 heavy (non-hydrogen) atoms. The molecule has 1 aliphatic heterocycles. The molecule has 0 aliphatic carbocycles. The fourth-order valence-corrected chi connectivity index (χ4v) is 3.51. The summed E-state index contributed by atoms with van der Waals surface area (Å²) in [6.07, 6.45) is 7.69. The minimum absolute atomic E-state index is 0.0102. The van der Waals surface area contributed by atoms with Gasteiger partial charge in [0.05, 0.1) is 30.6 Å². The number of hydrogen-bond donors (Lipinski definition) is 1. The van der Waals surface area contributed by atoms with E-state index in [2.05, 4.69) is 38.2 Å². The summed E-state index contributed by atoms with van der Waals surface area (Å²) in [5, 5.41) is 4.15. The van der Waals surface area contributed by atoms with E-state index in [-0.39, 0.29) is 12.1 Å². The third-order valence-corrected chi connectivity index (χ3v) is 4.65. The van der Waals surface area contributed by atoms with Crippen molar-refractivity contribution in [3.8, 4) is 0 Å². The van der Waals surface area contributed by atoms with Gasteiger partial charge in [-0.3, -0.25) is 4.98 Å². The Bertz CT molecular complexity index is 828. The Morgan fingerprint density at radius 3 is 2.83 bits per heavy atom. The summed E-state index contributed by atoms with van der Waals surface area (Å²) in [5.41, 5.74) is 2.18. The van der Waals surface area contributed by atoms with Crippen LogP contribution in [-0.4, -0.2) is 19.6 Å². The molecule has 1 saturated heterocycles. The molecule has 0 bridgehead atoms. The molecule has 5 nitrogen and oxygen atoms in total. The summed E-state index contributed by atoms with van der Waals surface area (Å²) >= 11 is 5.61. The fourth-order valence-electron chi connectivity index (χ4n) is 3.21. The first-order valence-corrected chi connectivity index (χ1v) is 8.25. The van der Waals surface area contributed by atoms with E-state index in [4.69, 9.17) is 16.6 Å². The first kappa shape index (κ1) is 15.0. The number of nitrogens with one attached hydrogen (secondary N) is 1. The zero-order chi connectivity index (χ0) is 16.5. The van der Waals surface area contributed by atoms with E-state index in [0.717, 1.165) is 16.6 Å². The van der Waals surface area contributed by atoms with Crippen LogP contribution in [0.5, 0.6) is 0 Å². The molecule has 122 valence electrons. The van der Waals surface area contributed by atoms with Gasteiger partial charge in [-0.05, 0) is 48.1 Å². The average Bonchev–Trinajstić information content (AvgIpc) is 3.31. The summed E-state index contributed by atoms with van der Waals surface area (Å²) in [5.74, 6) is 0.891. The Morgan fingerprint density at radius 1 is 1.25 bits per heavy atom. The molecule has 0 amide bonds. The van der Waals surface area contributed by atoms with Crippen molar-refractivity contribution in [3.05, 3.63) is 78.3 Å². The van der Waals surface area contributed by atoms with Crippen LogP contribution in [0.1, 0.15) is 29.1 Å². The zero-order valence-electron chi connectivity index (χ0n) is 13.3. The zero-order valence-corrected chi connectivity index (χ0v) is 14.1. The predicted octanol–water partition coefficient (Wildman–Crippen LogP) is 3.19. The van der Waals surface area contributed by atoms with E-state index in [1.165, 1.54) is 5.56 Å². The molecule has 1 aliphatic rings. The van der Waals surface area contributed by atoms with Gasteiger partial charge >= 0.3 is 0 Å². The second-order valence-electron chi connectivity index (χ2n) is 5.94. The third-order valence-electron chi connectivity index (χ3n) is 4.30. The maximum Gasteiger partial charge on any atom is 0.170 e. The van der Waals surface area contributed by atoms with E-state index < -0.39 is 0 Å². The molecular formula is C18H18N4OS. The Balaban J connectivity index is 1.73. The molecule has 0 radical (unpaired) electrons. The van der Waals surface area contributed by atoms with E-state index >= 15 is 0 Å². The summed E-state index contributed by atoms with van der Waals surface area (Å²) in [6, 6.07) is 12.0. The van der Waals surface area contributed by atoms with Gasteiger partial charge in [0.25, 0.3) is 0 Å². The summed E-state index contributed by atoms with van der Waals surface area (Å²) in [7, 11) is 2.02. The lowest BCUT2D eigenvalue weighted by molar-refractivity contribution is 0.287. The largest absolute Gasteiger partial charge is 0.467 e. The molecular weight excluding hydrogens is 320 g/mol. The number of aromatic nitrogens is 2. The highest BCUT2D eigenvalue weighted by Crippen LogP contribution is 2.39. The number of furan rings is 1. The van der Waals surface area contributed by atoms with Crippen molar-refractivity contribution in [1.29, 1.82) is 0 Å². The number of rotatable bonds is 4. The van der Waals surface area contributed by atoms with Crippen LogP contribution in [0.4, 0.5) is 0 Å². The van der Waals surface area contributed by atoms with Crippen molar-refractivity contribution in [2.75, 3.05) is 0 Å². The SMILES string of the molecule is Cn1ccc([C@H]2[C@H](c3ccccn3)NC(=S)N2Cc2ccco2)c1. The molecule has 0 saturated carbocycles. The van der Waals surface area contributed by atoms with Crippen LogP contribution in [0.3, 0.4) is 0 Å². The van der Waals surface area contributed by atoms with Gasteiger partial charge in [0.15, 0.2) is 5.11 Å². The first-order chi connectivity index (χ1) is 11.7. The molecule has 4 heterocycles. The van der Waals surface area contributed by atoms with Crippen LogP contribution in [0.15, 0.2) is 65.7 Å². The standard InChI is InChI=1S/C18H18N4OS/c1-21-9-7-13(11-21)17-16(15-6-2-3-8-19-15)20-18(24)22(17)12-14-5-4-10-23-14/h2-11,16-17H,12H2,1H3,(H,20,24)/t16-,17-/m0/s1. The van der Waals surface area contributed by atoms with Crippen LogP contribution in [0.2, 0.25) is 0 Å². The highest BCUT2D eigenvalue weighted by Gasteiger charge is 2.40. The number of aryl methyl sites for hydroxylation is 1. The van der Waals surface area contributed by atoms with Gasteiger partial charge in [-0.2, -0.15) is 0 Å². The monoisotopic (exact) mass is 338 g/mol. The molecule has 0 spiro atoms. The molecule has 4 rings (SSSR count). The maximum absolute atomic E-state index is 5.61. The molecule has 2 atom stereocenters. The Kier molecular flexibility index (Phi) is 3.82. The predicted molar refractivity (Wildman–Crippen MR) is 95.1 cm³/mol. The van der Waals surface area contributed by atoms with Crippen LogP contribution < -0.4 is 5.32 Å². The lowest BCUT2D eigenvalue weighted by Gasteiger charge is -2.26. The normalized spacial score (nSPS) is 20.4. The van der Waals surface area contributed by atoms with Gasteiger partial charge in [0, 0.05) is 25.6 Å². The molecule has 6 heteroatoms. The number of hydrogen-bond acceptors (Lipinski definition) is 3. The topological polar surface area (TPSA) is 46.2 Å². The minimum Gasteiger partial charge on any atom is -0.467 e. The van der Waals surface area contributed by atoms with Crippen LogP contribution >= 0.6 is 12.2 Å². The van der Waals surface area contributed by atoms with Crippen molar-refractivity contribution in [2.45, 2.75) is 18.6 Å². The minimum atomic E-state index is 0.0102. The van der Waals surface area contributed by atoms with E-state index in [9.17, 15) is 0 Å². The molecule has 0 unspecified atom stereocenters. The van der Waals surface area contributed by atoms with Gasteiger partial charge < -0.3 is 19.2 Å². The number of pyridine rings is 1. The number of nitrogens with zero attached hydrogens (tertiary/aromatic N) is 3. The summed E-state index contributed by atoms with van der Waals surface area (Å²) in [4.78, 5) is 6.70. The molecule has 1 fully saturated rings. The van der Waals surface area contributed by atoms with Gasteiger partial charge in [-0.15, -0.1) is 0 Å². The van der Waals surface area contributed by atoms with Crippen LogP contribution in [0, 0.1) is 0 Å². The third kappa shape index (κ3) is 2.69. The van der Waals surface area contributed by atoms with Crippen molar-refractivity contribution in [1.82, 2.24) is 19.8 Å². The molecule has 3 aromatic rings. The smallest absolute Gasteiger partial charge is 0.170 e. The summed E-state index contributed by atoms with van der Waals surface area (Å²) in [6.45, 7) is 0.627. The Morgan fingerprint density at radius 2 is 2.17 bits per heavy atom. The molecule has 3 aromatic heterocycles. The van der Waals surface area contributed by atoms with Crippen molar-refractivity contribution >= 4 is 17.3 Å². The van der Waals surface area contributed by atoms with Gasteiger partial charge in [0.1, 0.15) is 5.76 Å². The quantitative estimate of drug-likeness (QED) is 0.740.